The molecular formula is C20H22F3N5O. The smallest absolute Gasteiger partial charge is 0.338 e. The number of aryl methyl sites for hydroxylation is 1. The molecule has 1 atom stereocenters. The second-order valence-corrected chi connectivity index (χ2v) is 7.39. The highest BCUT2D eigenvalue weighted by Gasteiger charge is 2.35. The summed E-state index contributed by atoms with van der Waals surface area (Å²) >= 11 is 0. The van der Waals surface area contributed by atoms with Gasteiger partial charge in [-0.2, -0.15) is 13.2 Å². The first-order valence-corrected chi connectivity index (χ1v) is 9.60. The average molecular weight is 405 g/mol. The van der Waals surface area contributed by atoms with Gasteiger partial charge in [0.2, 0.25) is 0 Å². The summed E-state index contributed by atoms with van der Waals surface area (Å²) in [5.74, 6) is 1.11. The van der Waals surface area contributed by atoms with Gasteiger partial charge in [-0.3, -0.25) is 14.3 Å². The molecule has 29 heavy (non-hydrogen) atoms. The van der Waals surface area contributed by atoms with Crippen molar-refractivity contribution in [3.8, 4) is 0 Å². The Hall–Kier alpha value is -2.68. The van der Waals surface area contributed by atoms with E-state index in [0.717, 1.165) is 23.4 Å². The van der Waals surface area contributed by atoms with E-state index in [4.69, 9.17) is 0 Å². The number of alkyl halides is 3. The maximum Gasteiger partial charge on any atom is 0.406 e. The third-order valence-electron chi connectivity index (χ3n) is 5.43. The number of fused-ring (bicyclic) bond motifs is 1. The van der Waals surface area contributed by atoms with Crippen molar-refractivity contribution in [3.05, 3.63) is 58.7 Å². The summed E-state index contributed by atoms with van der Waals surface area (Å²) in [6, 6.07) is 6.24. The Labute approximate surface area is 165 Å². The van der Waals surface area contributed by atoms with Gasteiger partial charge in [-0.1, -0.05) is 12.1 Å². The van der Waals surface area contributed by atoms with Gasteiger partial charge in [-0.05, 0) is 31.5 Å². The van der Waals surface area contributed by atoms with E-state index in [2.05, 4.69) is 14.9 Å². The number of aromatic nitrogens is 4. The van der Waals surface area contributed by atoms with Gasteiger partial charge in [-0.15, -0.1) is 0 Å². The van der Waals surface area contributed by atoms with Gasteiger partial charge in [0.25, 0.3) is 5.56 Å². The third-order valence-corrected chi connectivity index (χ3v) is 5.43. The lowest BCUT2D eigenvalue weighted by molar-refractivity contribution is -0.142. The fourth-order valence-electron chi connectivity index (χ4n) is 4.04. The van der Waals surface area contributed by atoms with E-state index < -0.39 is 18.3 Å². The molecule has 0 bridgehead atoms. The zero-order chi connectivity index (χ0) is 20.6. The Kier molecular flexibility index (Phi) is 5.16. The summed E-state index contributed by atoms with van der Waals surface area (Å²) in [5.41, 5.74) is -0.208. The van der Waals surface area contributed by atoms with Crippen LogP contribution in [0.15, 0.2) is 41.5 Å². The van der Waals surface area contributed by atoms with E-state index in [9.17, 15) is 18.0 Å². The van der Waals surface area contributed by atoms with E-state index >= 15 is 0 Å². The Bertz CT molecular complexity index is 1070. The van der Waals surface area contributed by atoms with Crippen LogP contribution >= 0.6 is 0 Å². The Morgan fingerprint density at radius 3 is 2.76 bits per heavy atom. The number of halogens is 3. The Morgan fingerprint density at radius 2 is 2.03 bits per heavy atom. The minimum atomic E-state index is -4.50. The van der Waals surface area contributed by atoms with Crippen LogP contribution in [0.5, 0.6) is 0 Å². The SMILES string of the molecule is Cn1ccnc1CCN1CCCC1c1nc2ccccc2c(=O)n1CC(F)(F)F. The quantitative estimate of drug-likeness (QED) is 0.655. The standard InChI is InChI=1S/C20H22F3N5O/c1-26-12-9-24-17(26)8-11-27-10-4-7-16(27)18-25-15-6-3-2-5-14(15)19(29)28(18)13-20(21,22)23/h2-3,5-6,9,12,16H,4,7-8,10-11,13H2,1H3. The molecule has 1 aliphatic rings. The molecule has 0 saturated carbocycles. The topological polar surface area (TPSA) is 56.0 Å². The molecule has 1 fully saturated rings. The number of rotatable bonds is 5. The fourth-order valence-corrected chi connectivity index (χ4v) is 4.04. The van der Waals surface area contributed by atoms with E-state index in [1.165, 1.54) is 6.07 Å². The molecule has 0 N–H and O–H groups in total. The highest BCUT2D eigenvalue weighted by atomic mass is 19.4. The van der Waals surface area contributed by atoms with Crippen LogP contribution in [0.1, 0.15) is 30.5 Å². The average Bonchev–Trinajstić information content (AvgIpc) is 3.30. The zero-order valence-corrected chi connectivity index (χ0v) is 16.1. The van der Waals surface area contributed by atoms with Crippen molar-refractivity contribution in [1.82, 2.24) is 24.0 Å². The van der Waals surface area contributed by atoms with E-state index in [1.54, 1.807) is 24.4 Å². The highest BCUT2D eigenvalue weighted by Crippen LogP contribution is 2.32. The van der Waals surface area contributed by atoms with Crippen LogP contribution < -0.4 is 5.56 Å². The maximum atomic E-state index is 13.3. The lowest BCUT2D eigenvalue weighted by Gasteiger charge is -2.26. The summed E-state index contributed by atoms with van der Waals surface area (Å²) in [5, 5.41) is 0.207. The highest BCUT2D eigenvalue weighted by molar-refractivity contribution is 5.77. The lowest BCUT2D eigenvalue weighted by atomic mass is 10.1. The first-order chi connectivity index (χ1) is 13.8. The van der Waals surface area contributed by atoms with Gasteiger partial charge in [-0.25, -0.2) is 9.97 Å². The van der Waals surface area contributed by atoms with Crippen molar-refractivity contribution in [2.45, 2.75) is 38.0 Å². The largest absolute Gasteiger partial charge is 0.406 e. The van der Waals surface area contributed by atoms with Gasteiger partial charge in [0.15, 0.2) is 0 Å². The summed E-state index contributed by atoms with van der Waals surface area (Å²) in [4.78, 5) is 23.8. The molecule has 6 nitrogen and oxygen atoms in total. The second-order valence-electron chi connectivity index (χ2n) is 7.39. The minimum Gasteiger partial charge on any atom is -0.338 e. The number of hydrogen-bond donors (Lipinski definition) is 0. The Morgan fingerprint density at radius 1 is 1.24 bits per heavy atom. The van der Waals surface area contributed by atoms with Gasteiger partial charge in [0.1, 0.15) is 18.2 Å². The molecule has 1 saturated heterocycles. The summed E-state index contributed by atoms with van der Waals surface area (Å²) in [7, 11) is 1.91. The molecule has 3 aromatic rings. The predicted octanol–water partition coefficient (Wildman–Crippen LogP) is 3.07. The van der Waals surface area contributed by atoms with Crippen molar-refractivity contribution in [2.24, 2.45) is 7.05 Å². The van der Waals surface area contributed by atoms with E-state index in [1.807, 2.05) is 17.8 Å². The molecule has 3 heterocycles. The molecule has 0 aliphatic carbocycles. The normalized spacial score (nSPS) is 18.0. The number of benzene rings is 1. The van der Waals surface area contributed by atoms with Gasteiger partial charge >= 0.3 is 6.18 Å². The summed E-state index contributed by atoms with van der Waals surface area (Å²) in [6.45, 7) is 0.0662. The van der Waals surface area contributed by atoms with Crippen LogP contribution in [0, 0.1) is 0 Å². The van der Waals surface area contributed by atoms with Gasteiger partial charge in [0.05, 0.1) is 16.9 Å². The molecule has 2 aromatic heterocycles. The van der Waals surface area contributed by atoms with Crippen molar-refractivity contribution < 1.29 is 13.2 Å². The van der Waals surface area contributed by atoms with Crippen LogP contribution in [-0.2, 0) is 20.0 Å². The molecular weight excluding hydrogens is 383 g/mol. The number of likely N-dealkylation sites (tertiary alicyclic amines) is 1. The molecule has 154 valence electrons. The fraction of sp³-hybridized carbons (Fsp3) is 0.450. The van der Waals surface area contributed by atoms with Gasteiger partial charge < -0.3 is 4.57 Å². The number of nitrogens with zero attached hydrogens (tertiary/aromatic N) is 5. The molecule has 0 spiro atoms. The number of imidazole rings is 1. The lowest BCUT2D eigenvalue weighted by Crippen LogP contribution is -2.36. The summed E-state index contributed by atoms with van der Waals surface area (Å²) < 4.78 is 42.5. The van der Waals surface area contributed by atoms with Crippen LogP contribution in [0.4, 0.5) is 13.2 Å². The van der Waals surface area contributed by atoms with Crippen molar-refractivity contribution >= 4 is 10.9 Å². The molecule has 0 amide bonds. The van der Waals surface area contributed by atoms with Crippen LogP contribution in [-0.4, -0.2) is 43.3 Å². The summed E-state index contributed by atoms with van der Waals surface area (Å²) in [6.07, 6.45) is 1.28. The second kappa shape index (κ2) is 7.62. The zero-order valence-electron chi connectivity index (χ0n) is 16.1. The third kappa shape index (κ3) is 4.05. The number of hydrogen-bond acceptors (Lipinski definition) is 4. The van der Waals surface area contributed by atoms with Gasteiger partial charge in [0, 0.05) is 32.4 Å². The van der Waals surface area contributed by atoms with E-state index in [0.29, 0.717) is 24.9 Å². The van der Waals surface area contributed by atoms with Crippen LogP contribution in [0.2, 0.25) is 0 Å². The van der Waals surface area contributed by atoms with Crippen LogP contribution in [0.3, 0.4) is 0 Å². The first-order valence-electron chi connectivity index (χ1n) is 9.60. The minimum absolute atomic E-state index is 0.198. The van der Waals surface area contributed by atoms with Crippen LogP contribution in [0.25, 0.3) is 10.9 Å². The van der Waals surface area contributed by atoms with E-state index in [-0.39, 0.29) is 17.3 Å². The molecule has 0 radical (unpaired) electrons. The molecule has 1 aromatic carbocycles. The molecule has 1 aliphatic heterocycles. The molecule has 9 heteroatoms. The molecule has 1 unspecified atom stereocenters. The maximum absolute atomic E-state index is 13.3. The number of para-hydroxylation sites is 1. The van der Waals surface area contributed by atoms with Crippen molar-refractivity contribution in [1.29, 1.82) is 0 Å². The monoisotopic (exact) mass is 405 g/mol. The first kappa shape index (κ1) is 19.6. The Balaban J connectivity index is 1.71. The predicted molar refractivity (Wildman–Crippen MR) is 103 cm³/mol. The van der Waals surface area contributed by atoms with Crippen molar-refractivity contribution in [2.75, 3.05) is 13.1 Å². The molecule has 4 rings (SSSR count). The van der Waals surface area contributed by atoms with Crippen molar-refractivity contribution in [3.63, 3.8) is 0 Å².